The number of H-pyrrole nitrogens is 1. The molecule has 4 nitrogen and oxygen atoms in total. The molecule has 80 valence electrons. The summed E-state index contributed by atoms with van der Waals surface area (Å²) in [6.07, 6.45) is 1.72. The molecule has 4 heteroatoms. The van der Waals surface area contributed by atoms with Crippen molar-refractivity contribution >= 4 is 5.82 Å². The van der Waals surface area contributed by atoms with E-state index in [9.17, 15) is 0 Å². The second-order valence-corrected chi connectivity index (χ2v) is 4.00. The highest BCUT2D eigenvalue weighted by Crippen LogP contribution is 2.32. The Morgan fingerprint density at radius 3 is 2.73 bits per heavy atom. The molecule has 0 amide bonds. The first-order valence-electron chi connectivity index (χ1n) is 4.99. The van der Waals surface area contributed by atoms with E-state index in [-0.39, 0.29) is 0 Å². The minimum Gasteiger partial charge on any atom is -0.469 e. The van der Waals surface area contributed by atoms with Crippen molar-refractivity contribution in [3.63, 3.8) is 0 Å². The molecule has 2 rings (SSSR count). The number of rotatable bonds is 2. The third-order valence-corrected chi connectivity index (χ3v) is 2.43. The number of hydrogen-bond acceptors (Lipinski definition) is 3. The van der Waals surface area contributed by atoms with Crippen molar-refractivity contribution in [1.29, 1.82) is 0 Å². The topological polar surface area (TPSA) is 67.8 Å². The van der Waals surface area contributed by atoms with Gasteiger partial charge < -0.3 is 10.2 Å². The maximum Gasteiger partial charge on any atom is 0.149 e. The number of anilines is 1. The quantitative estimate of drug-likeness (QED) is 0.792. The molecular formula is C11H15N3O. The predicted octanol–water partition coefficient (Wildman–Crippen LogP) is 2.68. The van der Waals surface area contributed by atoms with Crippen molar-refractivity contribution in [2.45, 2.75) is 26.7 Å². The van der Waals surface area contributed by atoms with Crippen LogP contribution >= 0.6 is 0 Å². The van der Waals surface area contributed by atoms with Gasteiger partial charge in [0.05, 0.1) is 5.69 Å². The normalized spacial score (nSPS) is 11.2. The zero-order valence-electron chi connectivity index (χ0n) is 9.16. The lowest BCUT2D eigenvalue weighted by atomic mass is 10.00. The SMILES string of the molecule is Cc1cc(-c2[nH]nc(N)c2C(C)C)co1. The van der Waals surface area contributed by atoms with Crippen molar-refractivity contribution in [3.8, 4) is 11.3 Å². The molecule has 3 N–H and O–H groups in total. The van der Waals surface area contributed by atoms with Gasteiger partial charge in [0.15, 0.2) is 0 Å². The Bertz CT molecular complexity index is 468. The van der Waals surface area contributed by atoms with Gasteiger partial charge in [-0.1, -0.05) is 13.8 Å². The molecule has 0 bridgehead atoms. The fourth-order valence-corrected chi connectivity index (χ4v) is 1.74. The fourth-order valence-electron chi connectivity index (χ4n) is 1.74. The number of nitrogens with two attached hydrogens (primary N) is 1. The molecule has 0 aliphatic rings. The van der Waals surface area contributed by atoms with E-state index in [2.05, 4.69) is 24.0 Å². The van der Waals surface area contributed by atoms with E-state index in [0.29, 0.717) is 11.7 Å². The van der Waals surface area contributed by atoms with Crippen LogP contribution in [0.15, 0.2) is 16.7 Å². The van der Waals surface area contributed by atoms with Crippen LogP contribution in [-0.4, -0.2) is 10.2 Å². The first kappa shape index (κ1) is 9.83. The summed E-state index contributed by atoms with van der Waals surface area (Å²) in [5, 5.41) is 6.98. The van der Waals surface area contributed by atoms with Crippen LogP contribution in [0.3, 0.4) is 0 Å². The zero-order valence-corrected chi connectivity index (χ0v) is 9.16. The summed E-state index contributed by atoms with van der Waals surface area (Å²) in [5.41, 5.74) is 8.82. The first-order chi connectivity index (χ1) is 7.09. The number of nitrogens with zero attached hydrogens (tertiary/aromatic N) is 1. The number of nitrogens with one attached hydrogen (secondary N) is 1. The molecule has 0 saturated heterocycles. The van der Waals surface area contributed by atoms with Gasteiger partial charge in [-0.25, -0.2) is 0 Å². The summed E-state index contributed by atoms with van der Waals surface area (Å²) >= 11 is 0. The van der Waals surface area contributed by atoms with Crippen LogP contribution in [0, 0.1) is 6.92 Å². The summed E-state index contributed by atoms with van der Waals surface area (Å²) < 4.78 is 5.27. The van der Waals surface area contributed by atoms with Crippen LogP contribution < -0.4 is 5.73 Å². The maximum absolute atomic E-state index is 5.81. The Kier molecular flexibility index (Phi) is 2.26. The molecule has 0 aromatic carbocycles. The van der Waals surface area contributed by atoms with E-state index in [1.807, 2.05) is 13.0 Å². The standard InChI is InChI=1S/C11H15N3O/c1-6(2)9-10(13-14-11(9)12)8-4-7(3)15-5-8/h4-6H,1-3H3,(H3,12,13,14). The highest BCUT2D eigenvalue weighted by Gasteiger charge is 2.16. The van der Waals surface area contributed by atoms with E-state index < -0.39 is 0 Å². The number of hydrogen-bond donors (Lipinski definition) is 2. The van der Waals surface area contributed by atoms with Gasteiger partial charge in [-0.3, -0.25) is 5.10 Å². The van der Waals surface area contributed by atoms with Gasteiger partial charge in [0, 0.05) is 11.1 Å². The van der Waals surface area contributed by atoms with E-state index >= 15 is 0 Å². The lowest BCUT2D eigenvalue weighted by Gasteiger charge is -2.05. The Morgan fingerprint density at radius 1 is 1.47 bits per heavy atom. The zero-order chi connectivity index (χ0) is 11.0. The largest absolute Gasteiger partial charge is 0.469 e. The number of aryl methyl sites for hydroxylation is 1. The van der Waals surface area contributed by atoms with Gasteiger partial charge >= 0.3 is 0 Å². The molecule has 2 aromatic rings. The predicted molar refractivity (Wildman–Crippen MR) is 59.5 cm³/mol. The Balaban J connectivity index is 2.53. The van der Waals surface area contributed by atoms with Crippen molar-refractivity contribution in [2.24, 2.45) is 0 Å². The van der Waals surface area contributed by atoms with Crippen molar-refractivity contribution in [1.82, 2.24) is 10.2 Å². The average Bonchev–Trinajstić information content (AvgIpc) is 2.71. The minimum absolute atomic E-state index is 0.342. The molecule has 2 heterocycles. The van der Waals surface area contributed by atoms with Crippen molar-refractivity contribution in [3.05, 3.63) is 23.7 Å². The van der Waals surface area contributed by atoms with E-state index in [1.54, 1.807) is 6.26 Å². The molecule has 15 heavy (non-hydrogen) atoms. The molecule has 0 spiro atoms. The van der Waals surface area contributed by atoms with Crippen LogP contribution in [-0.2, 0) is 0 Å². The van der Waals surface area contributed by atoms with E-state index in [0.717, 1.165) is 22.6 Å². The first-order valence-corrected chi connectivity index (χ1v) is 4.99. The van der Waals surface area contributed by atoms with Gasteiger partial charge in [-0.2, -0.15) is 5.10 Å². The lowest BCUT2D eigenvalue weighted by Crippen LogP contribution is -1.94. The highest BCUT2D eigenvalue weighted by molar-refractivity contribution is 5.68. The second kappa shape index (κ2) is 3.46. The second-order valence-electron chi connectivity index (χ2n) is 4.00. The fraction of sp³-hybridized carbons (Fsp3) is 0.364. The van der Waals surface area contributed by atoms with Gasteiger partial charge in [0.2, 0.25) is 0 Å². The summed E-state index contributed by atoms with van der Waals surface area (Å²) in [4.78, 5) is 0. The van der Waals surface area contributed by atoms with Crippen LogP contribution in [0.1, 0.15) is 31.1 Å². The molecular weight excluding hydrogens is 190 g/mol. The van der Waals surface area contributed by atoms with Gasteiger partial charge in [-0.05, 0) is 18.9 Å². The van der Waals surface area contributed by atoms with Gasteiger partial charge in [0.25, 0.3) is 0 Å². The maximum atomic E-state index is 5.81. The molecule has 0 aliphatic carbocycles. The van der Waals surface area contributed by atoms with Crippen LogP contribution in [0.2, 0.25) is 0 Å². The van der Waals surface area contributed by atoms with Crippen LogP contribution in [0.5, 0.6) is 0 Å². The summed E-state index contributed by atoms with van der Waals surface area (Å²) in [5.74, 6) is 1.79. The third-order valence-electron chi connectivity index (χ3n) is 2.43. The molecule has 0 saturated carbocycles. The van der Waals surface area contributed by atoms with Crippen molar-refractivity contribution in [2.75, 3.05) is 5.73 Å². The van der Waals surface area contributed by atoms with Gasteiger partial charge in [0.1, 0.15) is 17.8 Å². The monoisotopic (exact) mass is 205 g/mol. The Labute approximate surface area is 88.5 Å². The smallest absolute Gasteiger partial charge is 0.149 e. The average molecular weight is 205 g/mol. The lowest BCUT2D eigenvalue weighted by molar-refractivity contribution is 0.535. The van der Waals surface area contributed by atoms with Gasteiger partial charge in [-0.15, -0.1) is 0 Å². The summed E-state index contributed by atoms with van der Waals surface area (Å²) in [6.45, 7) is 6.10. The molecule has 2 aromatic heterocycles. The van der Waals surface area contributed by atoms with Crippen LogP contribution in [0.25, 0.3) is 11.3 Å². The molecule has 0 fully saturated rings. The number of aromatic amines is 1. The third kappa shape index (κ3) is 1.63. The van der Waals surface area contributed by atoms with E-state index in [1.165, 1.54) is 0 Å². The Hall–Kier alpha value is -1.71. The Morgan fingerprint density at radius 2 is 2.20 bits per heavy atom. The molecule has 0 radical (unpaired) electrons. The highest BCUT2D eigenvalue weighted by atomic mass is 16.3. The number of aromatic nitrogens is 2. The minimum atomic E-state index is 0.342. The summed E-state index contributed by atoms with van der Waals surface area (Å²) in [7, 11) is 0. The molecule has 0 aliphatic heterocycles. The van der Waals surface area contributed by atoms with Crippen LogP contribution in [0.4, 0.5) is 5.82 Å². The molecule has 0 unspecified atom stereocenters. The van der Waals surface area contributed by atoms with E-state index in [4.69, 9.17) is 10.2 Å². The van der Waals surface area contributed by atoms with Crippen molar-refractivity contribution < 1.29 is 4.42 Å². The molecule has 0 atom stereocenters. The number of furan rings is 1. The number of nitrogen functional groups attached to an aromatic ring is 1. The summed E-state index contributed by atoms with van der Waals surface area (Å²) in [6, 6.07) is 1.97.